The van der Waals surface area contributed by atoms with Crippen LogP contribution in [0.3, 0.4) is 0 Å². The van der Waals surface area contributed by atoms with Crippen molar-refractivity contribution in [2.75, 3.05) is 12.4 Å². The number of hydrogen-bond acceptors (Lipinski definition) is 6. The van der Waals surface area contributed by atoms with Gasteiger partial charge in [-0.3, -0.25) is 4.98 Å². The van der Waals surface area contributed by atoms with Gasteiger partial charge in [0, 0.05) is 34.8 Å². The van der Waals surface area contributed by atoms with Gasteiger partial charge >= 0.3 is 0 Å². The molecule has 2 aromatic heterocycles. The lowest BCUT2D eigenvalue weighted by Crippen LogP contribution is -2.12. The van der Waals surface area contributed by atoms with Gasteiger partial charge in [0.2, 0.25) is 0 Å². The van der Waals surface area contributed by atoms with E-state index >= 15 is 0 Å². The highest BCUT2D eigenvalue weighted by Gasteiger charge is 2.22. The molecule has 27 heavy (non-hydrogen) atoms. The first-order chi connectivity index (χ1) is 13.2. The first-order valence-electron chi connectivity index (χ1n) is 9.09. The summed E-state index contributed by atoms with van der Waals surface area (Å²) in [6.45, 7) is 2.00. The second-order valence-corrected chi connectivity index (χ2v) is 6.70. The lowest BCUT2D eigenvalue weighted by Gasteiger charge is -2.19. The minimum absolute atomic E-state index is 0.134. The van der Waals surface area contributed by atoms with Crippen LogP contribution in [0, 0.1) is 0 Å². The smallest absolute Gasteiger partial charge is 0.161 e. The van der Waals surface area contributed by atoms with Crippen molar-refractivity contribution in [2.24, 2.45) is 0 Å². The number of fused-ring (bicyclic) bond motifs is 1. The predicted molar refractivity (Wildman–Crippen MR) is 104 cm³/mol. The second kappa shape index (κ2) is 7.23. The van der Waals surface area contributed by atoms with E-state index in [1.807, 2.05) is 25.1 Å². The number of nitrogens with zero attached hydrogens (tertiary/aromatic N) is 3. The van der Waals surface area contributed by atoms with Gasteiger partial charge in [0.25, 0.3) is 0 Å². The van der Waals surface area contributed by atoms with Crippen LogP contribution in [0.25, 0.3) is 11.4 Å². The summed E-state index contributed by atoms with van der Waals surface area (Å²) in [4.78, 5) is 13.6. The average molecular weight is 362 g/mol. The number of aryl methyl sites for hydroxylation is 1. The maximum Gasteiger partial charge on any atom is 0.161 e. The Labute approximate surface area is 158 Å². The number of benzene rings is 1. The summed E-state index contributed by atoms with van der Waals surface area (Å²) in [5.74, 6) is 2.47. The van der Waals surface area contributed by atoms with Crippen LogP contribution < -0.4 is 10.1 Å². The third-order valence-electron chi connectivity index (χ3n) is 4.93. The molecule has 6 heteroatoms. The van der Waals surface area contributed by atoms with Crippen LogP contribution in [-0.2, 0) is 12.8 Å². The molecule has 0 saturated heterocycles. The zero-order chi connectivity index (χ0) is 18.8. The molecule has 1 aromatic carbocycles. The molecule has 0 bridgehead atoms. The fourth-order valence-corrected chi connectivity index (χ4v) is 3.47. The number of methoxy groups -OCH3 is 1. The van der Waals surface area contributed by atoms with Gasteiger partial charge in [-0.15, -0.1) is 0 Å². The number of pyridine rings is 1. The SMILES string of the molecule is COc1ccc(O)c(C(C)Nc2nc(-c3ccncc3)nc3c2CCC3)c1. The van der Waals surface area contributed by atoms with E-state index in [1.54, 1.807) is 31.6 Å². The predicted octanol–water partition coefficient (Wildman–Crippen LogP) is 3.91. The Balaban J connectivity index is 1.70. The third kappa shape index (κ3) is 3.43. The molecule has 138 valence electrons. The van der Waals surface area contributed by atoms with Crippen molar-refractivity contribution in [2.45, 2.75) is 32.2 Å². The molecular weight excluding hydrogens is 340 g/mol. The summed E-state index contributed by atoms with van der Waals surface area (Å²) in [6, 6.07) is 8.94. The van der Waals surface area contributed by atoms with E-state index in [9.17, 15) is 5.11 Å². The monoisotopic (exact) mass is 362 g/mol. The zero-order valence-corrected chi connectivity index (χ0v) is 15.4. The lowest BCUT2D eigenvalue weighted by atomic mass is 10.1. The number of nitrogens with one attached hydrogen (secondary N) is 1. The van der Waals surface area contributed by atoms with Gasteiger partial charge in [0.05, 0.1) is 13.2 Å². The number of anilines is 1. The Bertz CT molecular complexity index is 960. The highest BCUT2D eigenvalue weighted by molar-refractivity contribution is 5.61. The Morgan fingerprint density at radius 3 is 2.70 bits per heavy atom. The standard InChI is InChI=1S/C21H22N4O2/c1-13(17-12-15(27-2)6-7-19(17)26)23-21-16-4-3-5-18(16)24-20(25-21)14-8-10-22-11-9-14/h6-13,26H,3-5H2,1-2H3,(H,23,24,25). The summed E-state index contributed by atoms with van der Waals surface area (Å²) in [5, 5.41) is 13.7. The molecule has 0 saturated carbocycles. The van der Waals surface area contributed by atoms with Crippen LogP contribution in [0.5, 0.6) is 11.5 Å². The van der Waals surface area contributed by atoms with Crippen LogP contribution in [0.1, 0.15) is 36.2 Å². The first kappa shape index (κ1) is 17.3. The maximum absolute atomic E-state index is 10.3. The van der Waals surface area contributed by atoms with Crippen molar-refractivity contribution in [3.63, 3.8) is 0 Å². The molecule has 2 N–H and O–H groups in total. The molecule has 2 heterocycles. The van der Waals surface area contributed by atoms with Crippen LogP contribution in [0.4, 0.5) is 5.82 Å². The highest BCUT2D eigenvalue weighted by Crippen LogP contribution is 2.34. The fraction of sp³-hybridized carbons (Fsp3) is 0.286. The van der Waals surface area contributed by atoms with Gasteiger partial charge in [-0.2, -0.15) is 0 Å². The van der Waals surface area contributed by atoms with Gasteiger partial charge in [-0.1, -0.05) is 0 Å². The molecule has 0 fully saturated rings. The van der Waals surface area contributed by atoms with Crippen LogP contribution in [-0.4, -0.2) is 27.2 Å². The van der Waals surface area contributed by atoms with Crippen molar-refractivity contribution in [3.05, 3.63) is 59.5 Å². The van der Waals surface area contributed by atoms with Gasteiger partial charge in [-0.25, -0.2) is 9.97 Å². The molecule has 1 unspecified atom stereocenters. The quantitative estimate of drug-likeness (QED) is 0.716. The molecule has 1 aliphatic rings. The minimum atomic E-state index is -0.134. The number of phenolic OH excluding ortho intramolecular Hbond substituents is 1. The van der Waals surface area contributed by atoms with Gasteiger partial charge in [0.1, 0.15) is 17.3 Å². The number of rotatable bonds is 5. The number of ether oxygens (including phenoxy) is 1. The summed E-state index contributed by atoms with van der Waals surface area (Å²) in [6.07, 6.45) is 6.50. The fourth-order valence-electron chi connectivity index (χ4n) is 3.47. The molecular formula is C21H22N4O2. The van der Waals surface area contributed by atoms with E-state index in [4.69, 9.17) is 14.7 Å². The molecule has 4 rings (SSSR count). The van der Waals surface area contributed by atoms with Gasteiger partial charge in [0.15, 0.2) is 5.82 Å². The molecule has 6 nitrogen and oxygen atoms in total. The van der Waals surface area contributed by atoms with E-state index in [0.29, 0.717) is 11.6 Å². The largest absolute Gasteiger partial charge is 0.508 e. The Kier molecular flexibility index (Phi) is 4.62. The molecule has 1 atom stereocenters. The van der Waals surface area contributed by atoms with Crippen LogP contribution in [0.2, 0.25) is 0 Å². The molecule has 1 aliphatic carbocycles. The molecule has 0 aliphatic heterocycles. The maximum atomic E-state index is 10.3. The van der Waals surface area contributed by atoms with E-state index in [2.05, 4.69) is 10.3 Å². The Morgan fingerprint density at radius 2 is 1.93 bits per heavy atom. The van der Waals surface area contributed by atoms with Crippen molar-refractivity contribution < 1.29 is 9.84 Å². The lowest BCUT2D eigenvalue weighted by molar-refractivity contribution is 0.410. The van der Waals surface area contributed by atoms with Crippen molar-refractivity contribution in [3.8, 4) is 22.9 Å². The summed E-state index contributed by atoms with van der Waals surface area (Å²) >= 11 is 0. The molecule has 3 aromatic rings. The van der Waals surface area contributed by atoms with E-state index in [-0.39, 0.29) is 11.8 Å². The van der Waals surface area contributed by atoms with Gasteiger partial charge in [-0.05, 0) is 56.5 Å². The average Bonchev–Trinajstić information content (AvgIpc) is 3.18. The van der Waals surface area contributed by atoms with Gasteiger partial charge < -0.3 is 15.2 Å². The third-order valence-corrected chi connectivity index (χ3v) is 4.93. The summed E-state index contributed by atoms with van der Waals surface area (Å²) < 4.78 is 5.29. The minimum Gasteiger partial charge on any atom is -0.508 e. The number of hydrogen-bond donors (Lipinski definition) is 2. The number of aromatic nitrogens is 3. The normalized spacial score (nSPS) is 13.9. The molecule has 0 radical (unpaired) electrons. The Hall–Kier alpha value is -3.15. The van der Waals surface area contributed by atoms with E-state index in [1.165, 1.54) is 5.56 Å². The van der Waals surface area contributed by atoms with E-state index in [0.717, 1.165) is 41.9 Å². The van der Waals surface area contributed by atoms with Crippen LogP contribution >= 0.6 is 0 Å². The summed E-state index contributed by atoms with van der Waals surface area (Å²) in [5.41, 5.74) is 3.98. The molecule has 0 spiro atoms. The summed E-state index contributed by atoms with van der Waals surface area (Å²) in [7, 11) is 1.62. The Morgan fingerprint density at radius 1 is 1.11 bits per heavy atom. The van der Waals surface area contributed by atoms with E-state index < -0.39 is 0 Å². The topological polar surface area (TPSA) is 80.2 Å². The van der Waals surface area contributed by atoms with Crippen molar-refractivity contribution >= 4 is 5.82 Å². The van der Waals surface area contributed by atoms with Crippen molar-refractivity contribution in [1.29, 1.82) is 0 Å². The van der Waals surface area contributed by atoms with Crippen molar-refractivity contribution in [1.82, 2.24) is 15.0 Å². The first-order valence-corrected chi connectivity index (χ1v) is 9.09. The second-order valence-electron chi connectivity index (χ2n) is 6.70. The van der Waals surface area contributed by atoms with Crippen LogP contribution in [0.15, 0.2) is 42.7 Å². The number of phenols is 1. The number of aromatic hydroxyl groups is 1. The highest BCUT2D eigenvalue weighted by atomic mass is 16.5. The molecule has 0 amide bonds. The zero-order valence-electron chi connectivity index (χ0n) is 15.4.